The molecule has 0 aliphatic carbocycles. The number of hydrogen-bond acceptors (Lipinski definition) is 6. The van der Waals surface area contributed by atoms with E-state index in [-0.39, 0.29) is 32.1 Å². The maximum absolute atomic E-state index is 13.3. The average Bonchev–Trinajstić information content (AvgIpc) is 3.41. The minimum atomic E-state index is -1.95. The molecule has 2 aliphatic heterocycles. The van der Waals surface area contributed by atoms with Gasteiger partial charge >= 0.3 is 0 Å². The zero-order valence-corrected chi connectivity index (χ0v) is 19.4. The van der Waals surface area contributed by atoms with Crippen molar-refractivity contribution >= 4 is 35.1 Å². The molecule has 0 unspecified atom stereocenters. The van der Waals surface area contributed by atoms with Gasteiger partial charge < -0.3 is 24.2 Å². The smallest absolute Gasteiger partial charge is 0.264 e. The number of aliphatic hydroxyl groups is 1. The van der Waals surface area contributed by atoms with E-state index >= 15 is 0 Å². The van der Waals surface area contributed by atoms with Crippen molar-refractivity contribution in [3.63, 3.8) is 0 Å². The second kappa shape index (κ2) is 9.44. The number of halogens is 1. The van der Waals surface area contributed by atoms with Gasteiger partial charge in [-0.3, -0.25) is 9.59 Å². The number of ketones is 1. The fourth-order valence-electron chi connectivity index (χ4n) is 4.20. The van der Waals surface area contributed by atoms with E-state index in [0.717, 1.165) is 5.56 Å². The summed E-state index contributed by atoms with van der Waals surface area (Å²) in [5, 5.41) is 12.0. The minimum absolute atomic E-state index is 0.164. The van der Waals surface area contributed by atoms with Crippen LogP contribution in [0.4, 0.5) is 5.69 Å². The lowest BCUT2D eigenvalue weighted by molar-refractivity contribution is -0.140. The molecule has 0 bridgehead atoms. The predicted octanol–water partition coefficient (Wildman–Crippen LogP) is 4.35. The highest BCUT2D eigenvalue weighted by Crippen LogP contribution is 2.42. The number of ether oxygens (including phenoxy) is 3. The molecular weight excluding hydrogens is 470 g/mol. The molecule has 2 heterocycles. The zero-order valence-electron chi connectivity index (χ0n) is 18.6. The average molecular weight is 492 g/mol. The zero-order chi connectivity index (χ0) is 24.4. The number of rotatable bonds is 8. The molecule has 0 fully saturated rings. The Hall–Kier alpha value is -3.81. The molecule has 0 radical (unpaired) electrons. The number of carbonyl (C=O) groups excluding carboxylic acids is 2. The van der Waals surface area contributed by atoms with E-state index in [9.17, 15) is 14.7 Å². The van der Waals surface area contributed by atoms with Crippen LogP contribution in [-0.4, -0.2) is 36.7 Å². The van der Waals surface area contributed by atoms with Crippen LogP contribution in [0, 0.1) is 0 Å². The van der Waals surface area contributed by atoms with Crippen molar-refractivity contribution in [2.75, 3.05) is 24.8 Å². The van der Waals surface area contributed by atoms with Crippen LogP contribution in [0.15, 0.2) is 72.8 Å². The lowest BCUT2D eigenvalue weighted by Crippen LogP contribution is -2.43. The van der Waals surface area contributed by atoms with Crippen molar-refractivity contribution < 1.29 is 28.9 Å². The van der Waals surface area contributed by atoms with Crippen molar-refractivity contribution in [2.45, 2.75) is 12.0 Å². The Balaban J connectivity index is 1.28. The molecule has 8 heteroatoms. The highest BCUT2D eigenvalue weighted by molar-refractivity contribution is 6.30. The second-order valence-corrected chi connectivity index (χ2v) is 8.66. The van der Waals surface area contributed by atoms with Crippen LogP contribution in [0.3, 0.4) is 0 Å². The number of para-hydroxylation sites is 1. The number of benzene rings is 3. The molecule has 3 aromatic carbocycles. The monoisotopic (exact) mass is 491 g/mol. The van der Waals surface area contributed by atoms with Crippen LogP contribution in [-0.2, 0) is 15.2 Å². The number of nitrogens with zero attached hydrogens (tertiary/aromatic N) is 1. The van der Waals surface area contributed by atoms with Crippen LogP contribution >= 0.6 is 11.6 Å². The molecule has 0 spiro atoms. The molecule has 1 N–H and O–H groups in total. The Bertz CT molecular complexity index is 1310. The van der Waals surface area contributed by atoms with Crippen LogP contribution in [0.5, 0.6) is 17.2 Å². The fraction of sp³-hybridized carbons (Fsp3) is 0.185. The summed E-state index contributed by atoms with van der Waals surface area (Å²) < 4.78 is 16.4. The van der Waals surface area contributed by atoms with E-state index in [2.05, 4.69) is 0 Å². The van der Waals surface area contributed by atoms with Crippen LogP contribution in [0.1, 0.15) is 17.5 Å². The SMILES string of the molecule is O=C(/C=C\c1ccc2c(c1)OCO2)C[C@@]1(O)C(=O)N(CCOc2ccc(Cl)cc2)c2ccccc21. The van der Waals surface area contributed by atoms with Crippen molar-refractivity contribution in [1.82, 2.24) is 0 Å². The van der Waals surface area contributed by atoms with E-state index in [4.69, 9.17) is 25.8 Å². The highest BCUT2D eigenvalue weighted by atomic mass is 35.5. The van der Waals surface area contributed by atoms with E-state index < -0.39 is 11.5 Å². The lowest BCUT2D eigenvalue weighted by atomic mass is 9.89. The first-order valence-corrected chi connectivity index (χ1v) is 11.4. The van der Waals surface area contributed by atoms with Gasteiger partial charge in [0.1, 0.15) is 12.4 Å². The molecule has 5 rings (SSSR count). The standard InChI is InChI=1S/C27H22ClNO6/c28-19-7-10-21(11-8-19)33-14-13-29-23-4-2-1-3-22(23)27(32,26(29)31)16-20(30)9-5-18-6-12-24-25(15-18)35-17-34-24/h1-12,15,32H,13-14,16-17H2/b9-5-/t27-/m0/s1. The first-order chi connectivity index (χ1) is 16.9. The molecule has 35 heavy (non-hydrogen) atoms. The van der Waals surface area contributed by atoms with Gasteiger partial charge in [0.2, 0.25) is 6.79 Å². The molecule has 0 saturated heterocycles. The van der Waals surface area contributed by atoms with Gasteiger partial charge in [-0.05, 0) is 54.1 Å². The Morgan fingerprint density at radius 1 is 1.09 bits per heavy atom. The molecule has 7 nitrogen and oxygen atoms in total. The van der Waals surface area contributed by atoms with Crippen LogP contribution in [0.2, 0.25) is 5.02 Å². The molecule has 1 amide bonds. The Morgan fingerprint density at radius 3 is 2.69 bits per heavy atom. The van der Waals surface area contributed by atoms with Crippen molar-refractivity contribution in [2.24, 2.45) is 0 Å². The summed E-state index contributed by atoms with van der Waals surface area (Å²) in [4.78, 5) is 27.6. The van der Waals surface area contributed by atoms with Gasteiger partial charge in [-0.1, -0.05) is 41.9 Å². The lowest BCUT2D eigenvalue weighted by Gasteiger charge is -2.22. The topological polar surface area (TPSA) is 85.3 Å². The van der Waals surface area contributed by atoms with Gasteiger partial charge in [-0.2, -0.15) is 0 Å². The third kappa shape index (κ3) is 4.60. The van der Waals surface area contributed by atoms with E-state index in [1.807, 2.05) is 0 Å². The Kier molecular flexibility index (Phi) is 6.19. The minimum Gasteiger partial charge on any atom is -0.492 e. The maximum atomic E-state index is 13.3. The van der Waals surface area contributed by atoms with Gasteiger partial charge in [0.25, 0.3) is 5.91 Å². The first kappa shape index (κ1) is 23.0. The quantitative estimate of drug-likeness (QED) is 0.471. The molecule has 1 atom stereocenters. The Labute approximate surface area is 207 Å². The number of hydrogen-bond donors (Lipinski definition) is 1. The van der Waals surface area contributed by atoms with Crippen molar-refractivity contribution in [1.29, 1.82) is 0 Å². The summed E-state index contributed by atoms with van der Waals surface area (Å²) in [6.45, 7) is 0.578. The van der Waals surface area contributed by atoms with Gasteiger partial charge in [0.15, 0.2) is 22.9 Å². The van der Waals surface area contributed by atoms with E-state index in [0.29, 0.717) is 33.5 Å². The summed E-state index contributed by atoms with van der Waals surface area (Å²) in [5.74, 6) is 0.940. The van der Waals surface area contributed by atoms with E-state index in [1.54, 1.807) is 72.8 Å². The van der Waals surface area contributed by atoms with Gasteiger partial charge in [-0.25, -0.2) is 0 Å². The van der Waals surface area contributed by atoms with Crippen molar-refractivity contribution in [3.05, 3.63) is 89.0 Å². The van der Waals surface area contributed by atoms with Crippen molar-refractivity contribution in [3.8, 4) is 17.2 Å². The predicted molar refractivity (Wildman–Crippen MR) is 131 cm³/mol. The molecule has 0 saturated carbocycles. The van der Waals surface area contributed by atoms with Gasteiger partial charge in [0.05, 0.1) is 18.7 Å². The summed E-state index contributed by atoms with van der Waals surface area (Å²) in [5.41, 5.74) is -0.241. The van der Waals surface area contributed by atoms with Gasteiger partial charge in [0, 0.05) is 10.6 Å². The molecular formula is C27H22ClNO6. The first-order valence-electron chi connectivity index (χ1n) is 11.1. The number of fused-ring (bicyclic) bond motifs is 2. The molecule has 0 aromatic heterocycles. The summed E-state index contributed by atoms with van der Waals surface area (Å²) in [7, 11) is 0. The molecule has 178 valence electrons. The van der Waals surface area contributed by atoms with Crippen LogP contribution in [0.25, 0.3) is 6.08 Å². The van der Waals surface area contributed by atoms with E-state index in [1.165, 1.54) is 11.0 Å². The Morgan fingerprint density at radius 2 is 1.86 bits per heavy atom. The fourth-order valence-corrected chi connectivity index (χ4v) is 4.33. The summed E-state index contributed by atoms with van der Waals surface area (Å²) in [6, 6.07) is 19.2. The van der Waals surface area contributed by atoms with Gasteiger partial charge in [-0.15, -0.1) is 0 Å². The summed E-state index contributed by atoms with van der Waals surface area (Å²) >= 11 is 5.90. The normalized spacial score (nSPS) is 18.2. The highest BCUT2D eigenvalue weighted by Gasteiger charge is 2.50. The number of anilines is 1. The van der Waals surface area contributed by atoms with Crippen LogP contribution < -0.4 is 19.1 Å². The second-order valence-electron chi connectivity index (χ2n) is 8.23. The largest absolute Gasteiger partial charge is 0.492 e. The third-order valence-corrected chi connectivity index (χ3v) is 6.18. The molecule has 2 aliphatic rings. The summed E-state index contributed by atoms with van der Waals surface area (Å²) in [6.07, 6.45) is 2.60. The number of carbonyl (C=O) groups is 2. The maximum Gasteiger partial charge on any atom is 0.264 e. The molecule has 3 aromatic rings. The number of amides is 1. The third-order valence-electron chi connectivity index (χ3n) is 5.92. The number of allylic oxidation sites excluding steroid dienone is 1.